The summed E-state index contributed by atoms with van der Waals surface area (Å²) in [6.45, 7) is 11.1. The summed E-state index contributed by atoms with van der Waals surface area (Å²) >= 11 is 5.88. The number of hydrogen-bond donors (Lipinski definition) is 0. The maximum Gasteiger partial charge on any atom is 0.216 e. The highest BCUT2D eigenvalue weighted by Gasteiger charge is 2.40. The second-order valence-electron chi connectivity index (χ2n) is 9.18. The van der Waals surface area contributed by atoms with Crippen LogP contribution in [0.1, 0.15) is 49.6 Å². The van der Waals surface area contributed by atoms with E-state index in [9.17, 15) is 0 Å². The van der Waals surface area contributed by atoms with E-state index in [4.69, 9.17) is 44.9 Å². The normalized spacial score (nSPS) is 17.2. The topological polar surface area (TPSA) is 108 Å². The van der Waals surface area contributed by atoms with Crippen LogP contribution in [0.4, 0.5) is 0 Å². The van der Waals surface area contributed by atoms with E-state index in [1.165, 1.54) is 0 Å². The molecule has 3 rings (SSSR count). The number of ether oxygens (including phenoxy) is 6. The highest BCUT2D eigenvalue weighted by Crippen LogP contribution is 2.36. The van der Waals surface area contributed by atoms with Crippen LogP contribution in [0.3, 0.4) is 0 Å². The molecule has 0 radical (unpaired) electrons. The summed E-state index contributed by atoms with van der Waals surface area (Å²) in [6, 6.07) is 7.61. The van der Waals surface area contributed by atoms with Gasteiger partial charge in [0.15, 0.2) is 0 Å². The van der Waals surface area contributed by atoms with Crippen LogP contribution >= 0.6 is 11.6 Å². The Kier molecular flexibility index (Phi) is 15.5. The number of hydrogen-bond acceptors (Lipinski definition) is 10. The van der Waals surface area contributed by atoms with Crippen LogP contribution in [0.2, 0.25) is 5.02 Å². The molecule has 1 aromatic heterocycles. The summed E-state index contributed by atoms with van der Waals surface area (Å²) < 4.78 is 36.8. The maximum absolute atomic E-state index is 6.21. The van der Waals surface area contributed by atoms with Crippen LogP contribution < -0.4 is 0 Å². The molecule has 0 aliphatic heterocycles. The molecule has 224 valence electrons. The van der Waals surface area contributed by atoms with Crippen LogP contribution in [-0.4, -0.2) is 87.8 Å². The average molecular weight is 583 g/mol. The van der Waals surface area contributed by atoms with Crippen molar-refractivity contribution in [2.45, 2.75) is 58.0 Å². The summed E-state index contributed by atoms with van der Waals surface area (Å²) in [4.78, 5) is 4.99. The fourth-order valence-corrected chi connectivity index (χ4v) is 4.57. The molecule has 0 spiro atoms. The van der Waals surface area contributed by atoms with E-state index in [-0.39, 0.29) is 0 Å². The predicted octanol–water partition coefficient (Wildman–Crippen LogP) is 4.15. The third-order valence-electron chi connectivity index (χ3n) is 6.34. The van der Waals surface area contributed by atoms with Gasteiger partial charge in [0.05, 0.1) is 71.7 Å². The molecule has 1 aliphatic carbocycles. The van der Waals surface area contributed by atoms with Gasteiger partial charge in [-0.3, -0.25) is 0 Å². The number of halogens is 1. The van der Waals surface area contributed by atoms with Gasteiger partial charge in [0.1, 0.15) is 12.3 Å². The highest BCUT2D eigenvalue weighted by atomic mass is 35.5. The first-order valence-electron chi connectivity index (χ1n) is 14.0. The molecule has 1 aromatic carbocycles. The largest absolute Gasteiger partial charge is 0.394 e. The third-order valence-corrected chi connectivity index (χ3v) is 6.59. The van der Waals surface area contributed by atoms with Crippen molar-refractivity contribution in [2.75, 3.05) is 66.1 Å². The number of oxime groups is 1. The van der Waals surface area contributed by atoms with Gasteiger partial charge < -0.3 is 33.3 Å². The standard InChI is InChI=1S/C28H43ClN4O7/c1-3-38-28(39-21-22-40-30-2)12-6-4-5-7-26-27(28)31-32-33(26)13-14-34-15-16-35-17-18-36-19-20-37-23-24-8-10-25(29)11-9-24/h8-11H,2-7,12-23H2,1H3. The minimum Gasteiger partial charge on any atom is -0.394 e. The molecule has 0 saturated carbocycles. The van der Waals surface area contributed by atoms with E-state index >= 15 is 0 Å². The molecule has 0 saturated heterocycles. The molecule has 2 aromatic rings. The zero-order valence-electron chi connectivity index (χ0n) is 23.6. The van der Waals surface area contributed by atoms with Crippen molar-refractivity contribution in [2.24, 2.45) is 5.16 Å². The predicted molar refractivity (Wildman–Crippen MR) is 151 cm³/mol. The van der Waals surface area contributed by atoms with Crippen molar-refractivity contribution in [3.63, 3.8) is 0 Å². The summed E-state index contributed by atoms with van der Waals surface area (Å²) in [6.07, 6.45) is 4.71. The zero-order valence-corrected chi connectivity index (χ0v) is 24.3. The molecule has 0 amide bonds. The lowest BCUT2D eigenvalue weighted by Crippen LogP contribution is -2.37. The fourth-order valence-electron chi connectivity index (χ4n) is 4.45. The molecule has 12 heteroatoms. The van der Waals surface area contributed by atoms with Crippen molar-refractivity contribution >= 4 is 18.3 Å². The lowest BCUT2D eigenvalue weighted by Gasteiger charge is -2.33. The SMILES string of the molecule is C=NOCCOC1(OCC)CCCCCc2c1nnn2CCOCCOCCOCCOCc1ccc(Cl)cc1. The summed E-state index contributed by atoms with van der Waals surface area (Å²) in [5.41, 5.74) is 2.86. The van der Waals surface area contributed by atoms with Crippen LogP contribution in [0.25, 0.3) is 0 Å². The number of benzene rings is 1. The molecule has 0 bridgehead atoms. The zero-order chi connectivity index (χ0) is 28.3. The molecule has 1 aliphatic rings. The first-order valence-corrected chi connectivity index (χ1v) is 14.4. The minimum atomic E-state index is -0.938. The van der Waals surface area contributed by atoms with Gasteiger partial charge in [0.25, 0.3) is 0 Å². The summed E-state index contributed by atoms with van der Waals surface area (Å²) in [5, 5.41) is 13.1. The van der Waals surface area contributed by atoms with Crippen molar-refractivity contribution in [3.05, 3.63) is 46.2 Å². The van der Waals surface area contributed by atoms with Crippen molar-refractivity contribution in [1.82, 2.24) is 15.0 Å². The van der Waals surface area contributed by atoms with Crippen LogP contribution in [0.15, 0.2) is 29.4 Å². The van der Waals surface area contributed by atoms with E-state index in [2.05, 4.69) is 22.2 Å². The van der Waals surface area contributed by atoms with Gasteiger partial charge in [-0.15, -0.1) is 10.3 Å². The van der Waals surface area contributed by atoms with E-state index in [0.717, 1.165) is 47.7 Å². The van der Waals surface area contributed by atoms with Crippen molar-refractivity contribution in [1.29, 1.82) is 0 Å². The molecule has 1 heterocycles. The molecule has 11 nitrogen and oxygen atoms in total. The summed E-state index contributed by atoms with van der Waals surface area (Å²) in [5.74, 6) is -0.938. The Hall–Kier alpha value is -2.12. The number of fused-ring (bicyclic) bond motifs is 1. The van der Waals surface area contributed by atoms with Crippen molar-refractivity contribution in [3.8, 4) is 0 Å². The Labute approximate surface area is 242 Å². The number of aromatic nitrogens is 3. The molecule has 1 unspecified atom stereocenters. The smallest absolute Gasteiger partial charge is 0.216 e. The molecule has 1 atom stereocenters. The van der Waals surface area contributed by atoms with E-state index < -0.39 is 5.79 Å². The number of nitrogens with zero attached hydrogens (tertiary/aromatic N) is 4. The molecule has 0 fully saturated rings. The maximum atomic E-state index is 6.21. The van der Waals surface area contributed by atoms with E-state index in [1.54, 1.807) is 0 Å². The van der Waals surface area contributed by atoms with Gasteiger partial charge in [0, 0.05) is 24.8 Å². The average Bonchev–Trinajstić information content (AvgIpc) is 3.35. The monoisotopic (exact) mass is 582 g/mol. The van der Waals surface area contributed by atoms with Crippen molar-refractivity contribution < 1.29 is 33.3 Å². The molecule has 0 N–H and O–H groups in total. The third kappa shape index (κ3) is 11.0. The second-order valence-corrected chi connectivity index (χ2v) is 9.62. The summed E-state index contributed by atoms with van der Waals surface area (Å²) in [7, 11) is 0. The second kappa shape index (κ2) is 19.1. The van der Waals surface area contributed by atoms with Gasteiger partial charge >= 0.3 is 0 Å². The quantitative estimate of drug-likeness (QED) is 0.0928. The van der Waals surface area contributed by atoms with E-state index in [0.29, 0.717) is 85.6 Å². The number of rotatable bonds is 21. The Balaban J connectivity index is 1.29. The first-order chi connectivity index (χ1) is 19.7. The molecular formula is C28H43ClN4O7. The van der Waals surface area contributed by atoms with Crippen LogP contribution in [0, 0.1) is 0 Å². The van der Waals surface area contributed by atoms with E-state index in [1.807, 2.05) is 35.9 Å². The van der Waals surface area contributed by atoms with Gasteiger partial charge in [-0.1, -0.05) is 35.4 Å². The highest BCUT2D eigenvalue weighted by molar-refractivity contribution is 6.30. The Morgan fingerprint density at radius 1 is 0.875 bits per heavy atom. The Morgan fingerprint density at radius 3 is 2.27 bits per heavy atom. The minimum absolute atomic E-state index is 0.295. The van der Waals surface area contributed by atoms with Gasteiger partial charge in [-0.05, 0) is 43.9 Å². The van der Waals surface area contributed by atoms with Gasteiger partial charge in [0.2, 0.25) is 5.79 Å². The van der Waals surface area contributed by atoms with Crippen LogP contribution in [-0.2, 0) is 58.6 Å². The Bertz CT molecular complexity index is 963. The first kappa shape index (κ1) is 32.4. The lowest BCUT2D eigenvalue weighted by atomic mass is 9.95. The van der Waals surface area contributed by atoms with Gasteiger partial charge in [-0.25, -0.2) is 4.68 Å². The molecular weight excluding hydrogens is 540 g/mol. The van der Waals surface area contributed by atoms with Gasteiger partial charge in [-0.2, -0.15) is 0 Å². The lowest BCUT2D eigenvalue weighted by molar-refractivity contribution is -0.257. The molecule has 40 heavy (non-hydrogen) atoms. The fraction of sp³-hybridized carbons (Fsp3) is 0.679. The van der Waals surface area contributed by atoms with Crippen LogP contribution in [0.5, 0.6) is 0 Å². The Morgan fingerprint density at radius 2 is 1.57 bits per heavy atom.